The second kappa shape index (κ2) is 5.62. The fourth-order valence-electron chi connectivity index (χ4n) is 0.931. The van der Waals surface area contributed by atoms with Crippen LogP contribution in [0.2, 0.25) is 0 Å². The van der Waals surface area contributed by atoms with E-state index in [9.17, 15) is 0 Å². The van der Waals surface area contributed by atoms with Crippen LogP contribution in [0.25, 0.3) is 0 Å². The molecule has 0 spiro atoms. The van der Waals surface area contributed by atoms with E-state index >= 15 is 0 Å². The van der Waals surface area contributed by atoms with Crippen molar-refractivity contribution in [3.8, 4) is 0 Å². The summed E-state index contributed by atoms with van der Waals surface area (Å²) >= 11 is 11.2. The summed E-state index contributed by atoms with van der Waals surface area (Å²) < 4.78 is 0. The standard InChI is InChI=1S/C9H13NS3/c1-2-3-5-10-9(12)8-7(11)4-6-13-8/h4,6,11H,2-3,5H2,1H3,(H,10,12). The highest BCUT2D eigenvalue weighted by Gasteiger charge is 2.05. The second-order valence-electron chi connectivity index (χ2n) is 2.74. The lowest BCUT2D eigenvalue weighted by Gasteiger charge is -2.05. The van der Waals surface area contributed by atoms with E-state index in [4.69, 9.17) is 12.2 Å². The minimum absolute atomic E-state index is 0.827. The Kier molecular flexibility index (Phi) is 4.77. The molecular formula is C9H13NS3. The smallest absolute Gasteiger partial charge is 0.117 e. The van der Waals surface area contributed by atoms with Gasteiger partial charge < -0.3 is 5.32 Å². The van der Waals surface area contributed by atoms with Crippen molar-refractivity contribution in [3.05, 3.63) is 16.3 Å². The minimum Gasteiger partial charge on any atom is -0.375 e. The van der Waals surface area contributed by atoms with Crippen LogP contribution in [0.3, 0.4) is 0 Å². The van der Waals surface area contributed by atoms with Gasteiger partial charge in [-0.25, -0.2) is 0 Å². The third-order valence-corrected chi connectivity index (χ3v) is 3.60. The van der Waals surface area contributed by atoms with Crippen molar-refractivity contribution < 1.29 is 0 Å². The van der Waals surface area contributed by atoms with Crippen LogP contribution in [0, 0.1) is 0 Å². The molecule has 1 heterocycles. The monoisotopic (exact) mass is 231 g/mol. The van der Waals surface area contributed by atoms with Crippen molar-refractivity contribution in [2.75, 3.05) is 6.54 Å². The van der Waals surface area contributed by atoms with Gasteiger partial charge in [-0.05, 0) is 17.9 Å². The summed E-state index contributed by atoms with van der Waals surface area (Å²) in [4.78, 5) is 2.88. The number of thiocarbonyl (C=S) groups is 1. The van der Waals surface area contributed by atoms with Gasteiger partial charge in [-0.3, -0.25) is 0 Å². The first-order valence-corrected chi connectivity index (χ1v) is 6.04. The number of hydrogen-bond donors (Lipinski definition) is 2. The lowest BCUT2D eigenvalue weighted by Crippen LogP contribution is -2.22. The van der Waals surface area contributed by atoms with Crippen LogP contribution >= 0.6 is 36.2 Å². The van der Waals surface area contributed by atoms with Crippen LogP contribution < -0.4 is 5.32 Å². The van der Waals surface area contributed by atoms with Gasteiger partial charge in [-0.1, -0.05) is 25.6 Å². The Bertz CT molecular complexity index is 280. The highest BCUT2D eigenvalue weighted by molar-refractivity contribution is 7.82. The molecule has 13 heavy (non-hydrogen) atoms. The highest BCUT2D eigenvalue weighted by Crippen LogP contribution is 2.20. The molecule has 1 aromatic heterocycles. The number of thiophene rings is 1. The largest absolute Gasteiger partial charge is 0.375 e. The first kappa shape index (κ1) is 11.0. The average Bonchev–Trinajstić information content (AvgIpc) is 2.52. The van der Waals surface area contributed by atoms with Crippen LogP contribution in [-0.4, -0.2) is 11.5 Å². The van der Waals surface area contributed by atoms with Crippen molar-refractivity contribution in [1.82, 2.24) is 5.32 Å². The van der Waals surface area contributed by atoms with Gasteiger partial charge in [-0.15, -0.1) is 24.0 Å². The molecule has 0 bridgehead atoms. The molecule has 0 aliphatic carbocycles. The predicted molar refractivity (Wildman–Crippen MR) is 66.2 cm³/mol. The Morgan fingerprint density at radius 1 is 1.69 bits per heavy atom. The van der Waals surface area contributed by atoms with Crippen LogP contribution in [0.4, 0.5) is 0 Å². The molecule has 0 aliphatic rings. The van der Waals surface area contributed by atoms with Crippen LogP contribution in [0.1, 0.15) is 24.6 Å². The maximum atomic E-state index is 5.23. The van der Waals surface area contributed by atoms with Gasteiger partial charge in [0.25, 0.3) is 0 Å². The summed E-state index contributed by atoms with van der Waals surface area (Å²) in [7, 11) is 0. The maximum absolute atomic E-state index is 5.23. The van der Waals surface area contributed by atoms with Crippen molar-refractivity contribution in [2.24, 2.45) is 0 Å². The van der Waals surface area contributed by atoms with Crippen LogP contribution in [-0.2, 0) is 0 Å². The minimum atomic E-state index is 0.827. The van der Waals surface area contributed by atoms with Crippen LogP contribution in [0.15, 0.2) is 16.3 Å². The lowest BCUT2D eigenvalue weighted by atomic mass is 10.3. The molecule has 0 radical (unpaired) electrons. The molecular weight excluding hydrogens is 218 g/mol. The summed E-state index contributed by atoms with van der Waals surface area (Å²) in [6.45, 7) is 3.13. The molecule has 0 unspecified atom stereocenters. The first-order valence-electron chi connectivity index (χ1n) is 4.30. The SMILES string of the molecule is CCCCNC(=S)c1sccc1S. The summed E-state index contributed by atoms with van der Waals surface area (Å²) in [6, 6.07) is 1.97. The quantitative estimate of drug-likeness (QED) is 0.469. The van der Waals surface area contributed by atoms with Gasteiger partial charge in [0.15, 0.2) is 0 Å². The topological polar surface area (TPSA) is 12.0 Å². The van der Waals surface area contributed by atoms with E-state index in [1.807, 2.05) is 11.4 Å². The molecule has 0 fully saturated rings. The van der Waals surface area contributed by atoms with Crippen molar-refractivity contribution in [1.29, 1.82) is 0 Å². The molecule has 0 amide bonds. The van der Waals surface area contributed by atoms with E-state index in [-0.39, 0.29) is 0 Å². The van der Waals surface area contributed by atoms with Crippen molar-refractivity contribution in [3.63, 3.8) is 0 Å². The van der Waals surface area contributed by atoms with Gasteiger partial charge in [0.05, 0.1) is 4.88 Å². The average molecular weight is 231 g/mol. The normalized spacial score (nSPS) is 10.0. The van der Waals surface area contributed by atoms with Gasteiger partial charge in [0.1, 0.15) is 4.99 Å². The number of unbranched alkanes of at least 4 members (excludes halogenated alkanes) is 1. The van der Waals surface area contributed by atoms with Gasteiger partial charge in [-0.2, -0.15) is 0 Å². The Morgan fingerprint density at radius 3 is 3.00 bits per heavy atom. The Labute approximate surface area is 94.0 Å². The number of rotatable bonds is 4. The molecule has 0 atom stereocenters. The molecule has 1 rings (SSSR count). The van der Waals surface area contributed by atoms with E-state index in [2.05, 4.69) is 24.9 Å². The van der Waals surface area contributed by atoms with E-state index in [0.29, 0.717) is 0 Å². The van der Waals surface area contributed by atoms with E-state index in [1.165, 1.54) is 6.42 Å². The van der Waals surface area contributed by atoms with Gasteiger partial charge in [0, 0.05) is 11.4 Å². The van der Waals surface area contributed by atoms with E-state index in [1.54, 1.807) is 11.3 Å². The Balaban J connectivity index is 2.45. The maximum Gasteiger partial charge on any atom is 0.117 e. The molecule has 4 heteroatoms. The number of nitrogens with one attached hydrogen (secondary N) is 1. The fourth-order valence-corrected chi connectivity index (χ4v) is 2.52. The summed E-state index contributed by atoms with van der Waals surface area (Å²) in [5.74, 6) is 0. The molecule has 0 saturated carbocycles. The van der Waals surface area contributed by atoms with Crippen molar-refractivity contribution >= 4 is 41.2 Å². The van der Waals surface area contributed by atoms with Gasteiger partial charge in [0.2, 0.25) is 0 Å². The Morgan fingerprint density at radius 2 is 2.46 bits per heavy atom. The van der Waals surface area contributed by atoms with E-state index in [0.717, 1.165) is 27.7 Å². The molecule has 1 aromatic rings. The third kappa shape index (κ3) is 3.29. The molecule has 0 aromatic carbocycles. The van der Waals surface area contributed by atoms with Gasteiger partial charge >= 0.3 is 0 Å². The molecule has 1 nitrogen and oxygen atoms in total. The highest BCUT2D eigenvalue weighted by atomic mass is 32.1. The number of thiol groups is 1. The van der Waals surface area contributed by atoms with E-state index < -0.39 is 0 Å². The zero-order chi connectivity index (χ0) is 9.68. The third-order valence-electron chi connectivity index (χ3n) is 1.67. The lowest BCUT2D eigenvalue weighted by molar-refractivity contribution is 0.759. The fraction of sp³-hybridized carbons (Fsp3) is 0.444. The van der Waals surface area contributed by atoms with Crippen LogP contribution in [0.5, 0.6) is 0 Å². The molecule has 0 saturated heterocycles. The molecule has 0 aliphatic heterocycles. The zero-order valence-electron chi connectivity index (χ0n) is 7.54. The summed E-state index contributed by atoms with van der Waals surface area (Å²) in [5.41, 5.74) is 0. The predicted octanol–water partition coefficient (Wildman–Crippen LogP) is 3.10. The number of hydrogen-bond acceptors (Lipinski definition) is 3. The zero-order valence-corrected chi connectivity index (χ0v) is 10.1. The summed E-state index contributed by atoms with van der Waals surface area (Å²) in [6.07, 6.45) is 2.35. The summed E-state index contributed by atoms with van der Waals surface area (Å²) in [5, 5.41) is 5.23. The first-order chi connectivity index (χ1) is 6.25. The Hall–Kier alpha value is -0.0600. The molecule has 1 N–H and O–H groups in total. The van der Waals surface area contributed by atoms with Crippen molar-refractivity contribution in [2.45, 2.75) is 24.7 Å². The molecule has 72 valence electrons. The second-order valence-corrected chi connectivity index (χ2v) is 4.55.